The number of aliphatic hydroxyl groups is 2. The molecule has 1 rings (SSSR count). The number of ether oxygens (including phenoxy) is 4. The molecule has 1 saturated heterocycles. The summed E-state index contributed by atoms with van der Waals surface area (Å²) in [6.07, 6.45) is -22.6. The molecular weight excluding hydrogens is 945 g/mol. The summed E-state index contributed by atoms with van der Waals surface area (Å²) in [5, 5.41) is 19.1. The fraction of sp³-hybridized carbons (Fsp3) is 0.795. The SMILES string of the molecule is C=C(C)CO[Si](C)(C)C(C)(C)C.CC(=O)C(=O)OCC(F)(F)F.CC1CC(C(=O)OCC(F)(F)F)(C(F)(F)F)OC1O.CCOC(=O)C(O)(C/C(C)=C/O[Si](C)(C)C(C)(C)C)C(F)(F)F. The van der Waals surface area contributed by atoms with Crippen molar-refractivity contribution in [1.82, 2.24) is 0 Å². The van der Waals surface area contributed by atoms with Gasteiger partial charge in [0.2, 0.25) is 14.1 Å². The summed E-state index contributed by atoms with van der Waals surface area (Å²) in [6.45, 7) is 28.3. The van der Waals surface area contributed by atoms with Crippen molar-refractivity contribution in [2.24, 2.45) is 5.92 Å². The third-order valence-corrected chi connectivity index (χ3v) is 18.5. The monoisotopic (exact) mass is 1010 g/mol. The van der Waals surface area contributed by atoms with E-state index in [2.05, 4.69) is 59.4 Å². The van der Waals surface area contributed by atoms with Crippen molar-refractivity contribution in [2.45, 2.75) is 167 Å². The Morgan fingerprint density at radius 2 is 1.20 bits per heavy atom. The van der Waals surface area contributed by atoms with Gasteiger partial charge >= 0.3 is 42.6 Å². The van der Waals surface area contributed by atoms with Crippen LogP contribution >= 0.6 is 0 Å². The molecule has 26 heteroatoms. The molecule has 4 atom stereocenters. The molecule has 0 amide bonds. The van der Waals surface area contributed by atoms with E-state index in [0.29, 0.717) is 5.04 Å². The van der Waals surface area contributed by atoms with E-state index in [-0.39, 0.29) is 17.2 Å². The summed E-state index contributed by atoms with van der Waals surface area (Å²) in [4.78, 5) is 43.0. The van der Waals surface area contributed by atoms with E-state index >= 15 is 0 Å². The molecule has 4 unspecified atom stereocenters. The number of hydrogen-bond acceptors (Lipinski definition) is 12. The molecule has 1 aliphatic heterocycles. The van der Waals surface area contributed by atoms with Crippen molar-refractivity contribution in [1.29, 1.82) is 0 Å². The number of Topliss-reactive ketones (excluding diaryl/α,β-unsaturated/α-hetero) is 1. The van der Waals surface area contributed by atoms with E-state index in [4.69, 9.17) is 14.0 Å². The second kappa shape index (κ2) is 24.7. The van der Waals surface area contributed by atoms with Crippen LogP contribution in [0.15, 0.2) is 24.0 Å². The Hall–Kier alpha value is -3.21. The largest absolute Gasteiger partial charge is 0.549 e. The molecule has 0 bridgehead atoms. The minimum absolute atomic E-state index is 0.114. The van der Waals surface area contributed by atoms with E-state index in [0.717, 1.165) is 26.0 Å². The molecule has 12 nitrogen and oxygen atoms in total. The van der Waals surface area contributed by atoms with Crippen molar-refractivity contribution in [3.8, 4) is 0 Å². The molecule has 0 aromatic rings. The zero-order valence-electron chi connectivity index (χ0n) is 39.2. The van der Waals surface area contributed by atoms with Gasteiger partial charge in [-0.25, -0.2) is 14.4 Å². The van der Waals surface area contributed by atoms with Gasteiger partial charge in [-0.2, -0.15) is 52.7 Å². The van der Waals surface area contributed by atoms with Crippen LogP contribution in [-0.4, -0.2) is 119 Å². The number of alkyl halides is 12. The van der Waals surface area contributed by atoms with Crippen LogP contribution in [0.25, 0.3) is 0 Å². The van der Waals surface area contributed by atoms with Crippen LogP contribution in [0.2, 0.25) is 36.3 Å². The van der Waals surface area contributed by atoms with E-state index in [9.17, 15) is 77.0 Å². The van der Waals surface area contributed by atoms with Crippen LogP contribution < -0.4 is 0 Å². The highest BCUT2D eigenvalue weighted by Crippen LogP contribution is 2.46. The first-order valence-corrected chi connectivity index (χ1v) is 25.3. The lowest BCUT2D eigenvalue weighted by Crippen LogP contribution is -2.53. The van der Waals surface area contributed by atoms with Crippen LogP contribution in [-0.2, 0) is 47.0 Å². The molecule has 2 N–H and O–H groups in total. The maximum absolute atomic E-state index is 13.1. The Bertz CT molecular complexity index is 1590. The predicted octanol–water partition coefficient (Wildman–Crippen LogP) is 10.2. The maximum Gasteiger partial charge on any atom is 0.428 e. The first-order valence-electron chi connectivity index (χ1n) is 19.5. The molecule has 1 heterocycles. The van der Waals surface area contributed by atoms with Crippen LogP contribution in [0.3, 0.4) is 0 Å². The molecule has 1 fully saturated rings. The van der Waals surface area contributed by atoms with Gasteiger partial charge in [-0.05, 0) is 62.6 Å². The lowest BCUT2D eigenvalue weighted by atomic mass is 9.94. The van der Waals surface area contributed by atoms with Gasteiger partial charge < -0.3 is 38.0 Å². The molecule has 0 spiro atoms. The molecule has 0 aromatic heterocycles. The molecule has 0 aromatic carbocycles. The summed E-state index contributed by atoms with van der Waals surface area (Å²) in [7, 11) is -3.72. The summed E-state index contributed by atoms with van der Waals surface area (Å²) < 4.78 is 174. The molecule has 384 valence electrons. The smallest absolute Gasteiger partial charge is 0.428 e. The Morgan fingerprint density at radius 3 is 1.51 bits per heavy atom. The van der Waals surface area contributed by atoms with Gasteiger partial charge in [-0.1, -0.05) is 60.6 Å². The Labute approximate surface area is 373 Å². The lowest BCUT2D eigenvalue weighted by Gasteiger charge is -2.36. The standard InChI is InChI=1S/C15H27F3O4Si.C10H22OSi.C9H10F6O4.C5H5F3O3/c1-8-21-12(19)14(20,15(16,17)18)9-11(2)10-22-23(6,7)13(3,4)5;1-9(2)8-11-12(6,7)10(3,4)5;1-4-2-7(9(13,14)15,19-5(4)16)6(17)18-3-8(10,11)12;1-3(9)4(10)11-2-5(6,7)8/h10,20H,8-9H2,1-7H3;1,8H2,2-7H3;4-5,16H,2-3H2,1H3;2H2,1H3/b11-10+;;;. The molecule has 0 saturated carbocycles. The van der Waals surface area contributed by atoms with Gasteiger partial charge in [0, 0.05) is 25.7 Å². The first kappa shape index (κ1) is 66.1. The van der Waals surface area contributed by atoms with Gasteiger partial charge in [-0.15, -0.1) is 0 Å². The highest BCUT2D eigenvalue weighted by Gasteiger charge is 2.68. The Morgan fingerprint density at radius 1 is 0.769 bits per heavy atom. The Balaban J connectivity index is -0.000000824. The van der Waals surface area contributed by atoms with Gasteiger partial charge in [0.15, 0.2) is 27.8 Å². The van der Waals surface area contributed by atoms with Crippen LogP contribution in [0.5, 0.6) is 0 Å². The second-order valence-electron chi connectivity index (χ2n) is 18.1. The summed E-state index contributed by atoms with van der Waals surface area (Å²) >= 11 is 0. The fourth-order valence-corrected chi connectivity index (χ4v) is 5.69. The number of carbonyl (C=O) groups excluding carboxylic acids is 4. The summed E-state index contributed by atoms with van der Waals surface area (Å²) in [5.74, 6) is -7.50. The van der Waals surface area contributed by atoms with Gasteiger partial charge in [0.25, 0.3) is 11.2 Å². The van der Waals surface area contributed by atoms with Crippen molar-refractivity contribution in [3.05, 3.63) is 24.0 Å². The second-order valence-corrected chi connectivity index (χ2v) is 27.6. The molecular formula is C39H64F12O12Si2. The third kappa shape index (κ3) is 23.4. The number of aliphatic hydroxyl groups excluding tert-OH is 1. The van der Waals surface area contributed by atoms with Crippen LogP contribution in [0.1, 0.15) is 89.0 Å². The molecule has 0 aliphatic carbocycles. The van der Waals surface area contributed by atoms with Crippen molar-refractivity contribution in [3.63, 3.8) is 0 Å². The molecule has 65 heavy (non-hydrogen) atoms. The minimum atomic E-state index is -5.29. The van der Waals surface area contributed by atoms with E-state index in [1.54, 1.807) is 0 Å². The number of carbonyl (C=O) groups is 4. The average molecular weight is 1010 g/mol. The zero-order valence-corrected chi connectivity index (χ0v) is 41.2. The van der Waals surface area contributed by atoms with Crippen LogP contribution in [0, 0.1) is 5.92 Å². The zero-order chi connectivity index (χ0) is 52.8. The third-order valence-electron chi connectivity index (χ3n) is 9.69. The number of hydrogen-bond donors (Lipinski definition) is 2. The summed E-state index contributed by atoms with van der Waals surface area (Å²) in [5.41, 5.74) is -5.90. The van der Waals surface area contributed by atoms with Gasteiger partial charge in [0.05, 0.1) is 19.5 Å². The minimum Gasteiger partial charge on any atom is -0.549 e. The van der Waals surface area contributed by atoms with Crippen molar-refractivity contribution < 1.29 is 110 Å². The van der Waals surface area contributed by atoms with Gasteiger partial charge in [-0.3, -0.25) is 4.79 Å². The highest BCUT2D eigenvalue weighted by molar-refractivity contribution is 6.74. The highest BCUT2D eigenvalue weighted by atomic mass is 28.4. The number of ketones is 1. The lowest BCUT2D eigenvalue weighted by molar-refractivity contribution is -0.292. The van der Waals surface area contributed by atoms with Crippen LogP contribution in [0.4, 0.5) is 52.7 Å². The Kier molecular flexibility index (Phi) is 25.1. The van der Waals surface area contributed by atoms with Crippen molar-refractivity contribution in [2.75, 3.05) is 26.4 Å². The quantitative estimate of drug-likeness (QED) is 0.0342. The number of rotatable bonds is 13. The molecule has 1 aliphatic rings. The van der Waals surface area contributed by atoms with E-state index < -0.39 is 114 Å². The maximum atomic E-state index is 13.1. The van der Waals surface area contributed by atoms with Gasteiger partial charge in [0.1, 0.15) is 0 Å². The van der Waals surface area contributed by atoms with E-state index in [1.165, 1.54) is 20.1 Å². The van der Waals surface area contributed by atoms with Crippen molar-refractivity contribution >= 4 is 40.3 Å². The predicted molar refractivity (Wildman–Crippen MR) is 217 cm³/mol. The first-order chi connectivity index (χ1) is 28.5. The topological polar surface area (TPSA) is 164 Å². The number of esters is 3. The molecule has 0 radical (unpaired) electrons. The normalized spacial score (nSPS) is 19.7. The number of halogens is 12. The average Bonchev–Trinajstić information content (AvgIpc) is 3.41. The fourth-order valence-electron chi connectivity index (χ4n) is 3.80. The van der Waals surface area contributed by atoms with E-state index in [1.807, 2.05) is 40.8 Å². The summed E-state index contributed by atoms with van der Waals surface area (Å²) in [6, 6.07) is 0.